The van der Waals surface area contributed by atoms with E-state index >= 15 is 0 Å². The predicted octanol–water partition coefficient (Wildman–Crippen LogP) is 1.64. The zero-order valence-electron chi connectivity index (χ0n) is 12.2. The van der Waals surface area contributed by atoms with Crippen LogP contribution in [0.4, 0.5) is 0 Å². The number of hydrogen-bond donors (Lipinski definition) is 2. The number of para-hydroxylation sites is 1. The third-order valence-corrected chi connectivity index (χ3v) is 3.51. The maximum absolute atomic E-state index is 12.3. The minimum Gasteiger partial charge on any atom is -0.493 e. The number of carbonyl (C=O) groups is 2. The Morgan fingerprint density at radius 3 is 2.57 bits per heavy atom. The van der Waals surface area contributed by atoms with E-state index in [1.165, 1.54) is 26.0 Å². The van der Waals surface area contributed by atoms with Gasteiger partial charge in [-0.1, -0.05) is 6.07 Å². The molecular weight excluding hydrogens is 294 g/mol. The molecule has 2 N–H and O–H groups in total. The smallest absolute Gasteiger partial charge is 0.326 e. The van der Waals surface area contributed by atoms with Crippen LogP contribution in [0, 0.1) is 0 Å². The first-order valence-electron chi connectivity index (χ1n) is 6.28. The van der Waals surface area contributed by atoms with Gasteiger partial charge in [-0.15, -0.1) is 0 Å². The van der Waals surface area contributed by atoms with Gasteiger partial charge in [-0.3, -0.25) is 4.79 Å². The minimum atomic E-state index is -1.06. The minimum absolute atomic E-state index is 0.243. The van der Waals surface area contributed by atoms with Gasteiger partial charge >= 0.3 is 5.97 Å². The fourth-order valence-corrected chi connectivity index (χ4v) is 2.27. The number of ether oxygens (including phenoxy) is 2. The van der Waals surface area contributed by atoms with Crippen molar-refractivity contribution in [3.63, 3.8) is 0 Å². The number of benzene rings is 1. The molecule has 0 unspecified atom stereocenters. The van der Waals surface area contributed by atoms with Crippen molar-refractivity contribution in [3.05, 3.63) is 23.8 Å². The summed E-state index contributed by atoms with van der Waals surface area (Å²) < 4.78 is 10.3. The molecule has 6 nitrogen and oxygen atoms in total. The van der Waals surface area contributed by atoms with Crippen LogP contribution in [0.2, 0.25) is 0 Å². The summed E-state index contributed by atoms with van der Waals surface area (Å²) in [6.07, 6.45) is 2.24. The molecular formula is C14H19NO5S. The molecule has 0 saturated heterocycles. The molecule has 0 spiro atoms. The lowest BCUT2D eigenvalue weighted by Gasteiger charge is -2.16. The maximum Gasteiger partial charge on any atom is 0.326 e. The van der Waals surface area contributed by atoms with Crippen LogP contribution in [0.1, 0.15) is 16.8 Å². The number of thioether (sulfide) groups is 1. The topological polar surface area (TPSA) is 84.9 Å². The molecule has 0 saturated carbocycles. The van der Waals surface area contributed by atoms with Crippen molar-refractivity contribution < 1.29 is 24.2 Å². The largest absolute Gasteiger partial charge is 0.493 e. The lowest BCUT2D eigenvalue weighted by atomic mass is 10.1. The van der Waals surface area contributed by atoms with Crippen LogP contribution in [0.3, 0.4) is 0 Å². The number of carbonyl (C=O) groups excluding carboxylic acids is 1. The molecule has 0 aliphatic heterocycles. The molecule has 0 aliphatic rings. The van der Waals surface area contributed by atoms with E-state index in [0.29, 0.717) is 17.9 Å². The van der Waals surface area contributed by atoms with Crippen LogP contribution in [0.15, 0.2) is 18.2 Å². The first kappa shape index (κ1) is 17.2. The lowest BCUT2D eigenvalue weighted by Crippen LogP contribution is -2.41. The van der Waals surface area contributed by atoms with Gasteiger partial charge in [0, 0.05) is 0 Å². The molecule has 1 rings (SSSR count). The van der Waals surface area contributed by atoms with Crippen LogP contribution in [0.25, 0.3) is 0 Å². The Hall–Kier alpha value is -1.89. The second-order valence-electron chi connectivity index (χ2n) is 4.19. The number of methoxy groups -OCH3 is 2. The van der Waals surface area contributed by atoms with Crippen LogP contribution in [-0.4, -0.2) is 49.3 Å². The molecule has 0 fully saturated rings. The van der Waals surface area contributed by atoms with E-state index in [2.05, 4.69) is 5.32 Å². The van der Waals surface area contributed by atoms with Crippen molar-refractivity contribution in [3.8, 4) is 11.5 Å². The van der Waals surface area contributed by atoms with Crippen LogP contribution in [0.5, 0.6) is 11.5 Å². The molecule has 1 aromatic carbocycles. The van der Waals surface area contributed by atoms with Crippen molar-refractivity contribution in [2.45, 2.75) is 12.5 Å². The van der Waals surface area contributed by atoms with Gasteiger partial charge in [-0.2, -0.15) is 11.8 Å². The van der Waals surface area contributed by atoms with Gasteiger partial charge in [0.2, 0.25) is 0 Å². The van der Waals surface area contributed by atoms with Crippen molar-refractivity contribution >= 4 is 23.6 Å². The normalized spacial score (nSPS) is 11.6. The predicted molar refractivity (Wildman–Crippen MR) is 81.4 cm³/mol. The van der Waals surface area contributed by atoms with Gasteiger partial charge in [0.25, 0.3) is 5.91 Å². The highest BCUT2D eigenvalue weighted by Gasteiger charge is 2.23. The van der Waals surface area contributed by atoms with Gasteiger partial charge < -0.3 is 19.9 Å². The number of nitrogens with one attached hydrogen (secondary N) is 1. The van der Waals surface area contributed by atoms with Crippen molar-refractivity contribution in [1.82, 2.24) is 5.32 Å². The molecule has 1 amide bonds. The van der Waals surface area contributed by atoms with Gasteiger partial charge in [-0.05, 0) is 30.6 Å². The highest BCUT2D eigenvalue weighted by molar-refractivity contribution is 7.98. The molecule has 0 aliphatic carbocycles. The molecule has 21 heavy (non-hydrogen) atoms. The molecule has 0 heterocycles. The Bertz CT molecular complexity index is 506. The molecule has 116 valence electrons. The summed E-state index contributed by atoms with van der Waals surface area (Å²) in [5, 5.41) is 11.6. The summed E-state index contributed by atoms with van der Waals surface area (Å²) in [5.41, 5.74) is 0.243. The van der Waals surface area contributed by atoms with E-state index in [-0.39, 0.29) is 11.3 Å². The van der Waals surface area contributed by atoms with E-state index in [1.807, 2.05) is 6.26 Å². The Balaban J connectivity index is 2.94. The zero-order valence-corrected chi connectivity index (χ0v) is 13.0. The quantitative estimate of drug-likeness (QED) is 0.759. The fraction of sp³-hybridized carbons (Fsp3) is 0.429. The summed E-state index contributed by atoms with van der Waals surface area (Å²) in [7, 11) is 2.90. The Kier molecular flexibility index (Phi) is 6.87. The summed E-state index contributed by atoms with van der Waals surface area (Å²) in [6.45, 7) is 0. The average molecular weight is 313 g/mol. The van der Waals surface area contributed by atoms with E-state index in [0.717, 1.165) is 0 Å². The van der Waals surface area contributed by atoms with Crippen LogP contribution in [-0.2, 0) is 4.79 Å². The van der Waals surface area contributed by atoms with Crippen molar-refractivity contribution in [1.29, 1.82) is 0 Å². The fourth-order valence-electron chi connectivity index (χ4n) is 1.80. The van der Waals surface area contributed by atoms with Crippen molar-refractivity contribution in [2.24, 2.45) is 0 Å². The molecule has 1 atom stereocenters. The standard InChI is InChI=1S/C14H19NO5S/c1-19-11-6-4-5-9(12(11)20-2)13(16)15-10(14(17)18)7-8-21-3/h4-6,10H,7-8H2,1-3H3,(H,15,16)(H,17,18)/t10-/m1/s1. The summed E-state index contributed by atoms with van der Waals surface area (Å²) in [4.78, 5) is 23.4. The zero-order chi connectivity index (χ0) is 15.8. The van der Waals surface area contributed by atoms with Gasteiger partial charge in [0.05, 0.1) is 19.8 Å². The molecule has 1 aromatic rings. The Morgan fingerprint density at radius 1 is 1.33 bits per heavy atom. The second-order valence-corrected chi connectivity index (χ2v) is 5.17. The molecule has 0 aromatic heterocycles. The van der Waals surface area contributed by atoms with E-state index in [1.54, 1.807) is 18.2 Å². The first-order chi connectivity index (χ1) is 10.0. The third kappa shape index (κ3) is 4.56. The van der Waals surface area contributed by atoms with Crippen LogP contribution < -0.4 is 14.8 Å². The number of carboxylic acid groups (broad SMARTS) is 1. The SMILES string of the molecule is COc1cccc(C(=O)N[C@H](CCSC)C(=O)O)c1OC. The Morgan fingerprint density at radius 2 is 2.05 bits per heavy atom. The summed E-state index contributed by atoms with van der Waals surface area (Å²) in [5.74, 6) is -0.210. The van der Waals surface area contributed by atoms with Gasteiger partial charge in [-0.25, -0.2) is 4.79 Å². The van der Waals surface area contributed by atoms with Gasteiger partial charge in [0.15, 0.2) is 11.5 Å². The monoisotopic (exact) mass is 313 g/mol. The number of hydrogen-bond acceptors (Lipinski definition) is 5. The van der Waals surface area contributed by atoms with Gasteiger partial charge in [0.1, 0.15) is 6.04 Å². The van der Waals surface area contributed by atoms with Crippen molar-refractivity contribution in [2.75, 3.05) is 26.2 Å². The highest BCUT2D eigenvalue weighted by atomic mass is 32.2. The summed E-state index contributed by atoms with van der Waals surface area (Å²) in [6, 6.07) is 3.94. The molecule has 7 heteroatoms. The molecule has 0 radical (unpaired) electrons. The number of amides is 1. The Labute approximate surface area is 127 Å². The second kappa shape index (κ2) is 8.41. The first-order valence-corrected chi connectivity index (χ1v) is 7.68. The van der Waals surface area contributed by atoms with E-state index < -0.39 is 17.9 Å². The number of rotatable bonds is 8. The highest BCUT2D eigenvalue weighted by Crippen LogP contribution is 2.30. The third-order valence-electron chi connectivity index (χ3n) is 2.86. The van der Waals surface area contributed by atoms with E-state index in [9.17, 15) is 9.59 Å². The lowest BCUT2D eigenvalue weighted by molar-refractivity contribution is -0.139. The van der Waals surface area contributed by atoms with Crippen LogP contribution >= 0.6 is 11.8 Å². The molecule has 0 bridgehead atoms. The summed E-state index contributed by atoms with van der Waals surface area (Å²) >= 11 is 1.52. The number of carboxylic acids is 1. The maximum atomic E-state index is 12.3. The average Bonchev–Trinajstić information content (AvgIpc) is 2.49. The number of aliphatic carboxylic acids is 1. The van der Waals surface area contributed by atoms with E-state index in [4.69, 9.17) is 14.6 Å².